The van der Waals surface area contributed by atoms with Gasteiger partial charge in [0.25, 0.3) is 11.6 Å². The molecule has 0 aliphatic heterocycles. The molecule has 0 aliphatic carbocycles. The van der Waals surface area contributed by atoms with E-state index in [9.17, 15) is 14.9 Å². The Bertz CT molecular complexity index is 1060. The van der Waals surface area contributed by atoms with Crippen LogP contribution in [0.4, 0.5) is 5.69 Å². The highest BCUT2D eigenvalue weighted by Crippen LogP contribution is 2.21. The number of carbonyl (C=O) groups excluding carboxylic acids is 1. The molecule has 9 nitrogen and oxygen atoms in total. The number of unbranched alkanes of at least 4 members (excludes halogenated alkanes) is 2. The van der Waals surface area contributed by atoms with E-state index >= 15 is 0 Å². The maximum atomic E-state index is 12.3. The summed E-state index contributed by atoms with van der Waals surface area (Å²) in [5.41, 5.74) is 4.52. The van der Waals surface area contributed by atoms with E-state index in [0.717, 1.165) is 30.6 Å². The molecule has 2 aromatic carbocycles. The minimum Gasteiger partial charge on any atom is -0.494 e. The Kier molecular flexibility index (Phi) is 7.47. The van der Waals surface area contributed by atoms with Gasteiger partial charge in [0.2, 0.25) is 0 Å². The van der Waals surface area contributed by atoms with Crippen LogP contribution in [0.25, 0.3) is 11.3 Å². The summed E-state index contributed by atoms with van der Waals surface area (Å²) in [4.78, 5) is 22.6. The number of carbonyl (C=O) groups is 1. The first-order valence-electron chi connectivity index (χ1n) is 9.93. The number of nitro benzene ring substituents is 1. The molecule has 2 N–H and O–H groups in total. The van der Waals surface area contributed by atoms with Gasteiger partial charge in [-0.15, -0.1) is 0 Å². The lowest BCUT2D eigenvalue weighted by molar-refractivity contribution is -0.384. The predicted molar refractivity (Wildman–Crippen MR) is 117 cm³/mol. The second-order valence-corrected chi connectivity index (χ2v) is 6.80. The minimum atomic E-state index is -0.493. The van der Waals surface area contributed by atoms with E-state index in [-0.39, 0.29) is 11.4 Å². The third kappa shape index (κ3) is 6.23. The second kappa shape index (κ2) is 10.7. The summed E-state index contributed by atoms with van der Waals surface area (Å²) < 4.78 is 5.70. The van der Waals surface area contributed by atoms with Gasteiger partial charge in [-0.2, -0.15) is 10.2 Å². The van der Waals surface area contributed by atoms with E-state index in [2.05, 4.69) is 27.6 Å². The first-order chi connectivity index (χ1) is 15.1. The summed E-state index contributed by atoms with van der Waals surface area (Å²) in [7, 11) is 0. The molecule has 0 radical (unpaired) electrons. The van der Waals surface area contributed by atoms with Crippen LogP contribution in [-0.4, -0.2) is 33.8 Å². The Hall–Kier alpha value is -4.01. The van der Waals surface area contributed by atoms with Gasteiger partial charge in [-0.05, 0) is 36.8 Å². The van der Waals surface area contributed by atoms with E-state index in [1.165, 1.54) is 18.3 Å². The third-order valence-electron chi connectivity index (χ3n) is 4.45. The molecule has 1 heterocycles. The number of nitrogens with zero attached hydrogens (tertiary/aromatic N) is 3. The molecule has 0 bridgehead atoms. The number of benzene rings is 2. The first kappa shape index (κ1) is 21.7. The molecular formula is C22H23N5O4. The summed E-state index contributed by atoms with van der Waals surface area (Å²) >= 11 is 0. The van der Waals surface area contributed by atoms with Crippen molar-refractivity contribution < 1.29 is 14.5 Å². The molecule has 160 valence electrons. The van der Waals surface area contributed by atoms with Crippen molar-refractivity contribution in [2.24, 2.45) is 5.10 Å². The Morgan fingerprint density at radius 2 is 2.03 bits per heavy atom. The van der Waals surface area contributed by atoms with E-state index in [1.807, 2.05) is 24.3 Å². The summed E-state index contributed by atoms with van der Waals surface area (Å²) in [5, 5.41) is 21.5. The molecule has 1 amide bonds. The minimum absolute atomic E-state index is 0.0501. The molecule has 0 fully saturated rings. The van der Waals surface area contributed by atoms with Crippen molar-refractivity contribution in [3.05, 3.63) is 76.0 Å². The molecular weight excluding hydrogens is 398 g/mol. The maximum Gasteiger partial charge on any atom is 0.289 e. The number of rotatable bonds is 10. The van der Waals surface area contributed by atoms with Crippen LogP contribution >= 0.6 is 0 Å². The Morgan fingerprint density at radius 1 is 1.23 bits per heavy atom. The Labute approximate surface area is 179 Å². The Morgan fingerprint density at radius 3 is 2.77 bits per heavy atom. The number of hydrogen-bond acceptors (Lipinski definition) is 6. The predicted octanol–water partition coefficient (Wildman–Crippen LogP) is 4.32. The number of hydrazone groups is 1. The number of non-ortho nitro benzene ring substituents is 1. The number of ether oxygens (including phenoxy) is 1. The van der Waals surface area contributed by atoms with Gasteiger partial charge in [-0.3, -0.25) is 20.0 Å². The number of amides is 1. The largest absolute Gasteiger partial charge is 0.494 e. The highest BCUT2D eigenvalue weighted by Gasteiger charge is 2.11. The summed E-state index contributed by atoms with van der Waals surface area (Å²) in [6.45, 7) is 2.84. The van der Waals surface area contributed by atoms with Crippen molar-refractivity contribution in [2.45, 2.75) is 26.2 Å². The van der Waals surface area contributed by atoms with Crippen LogP contribution in [0, 0.1) is 10.1 Å². The highest BCUT2D eigenvalue weighted by molar-refractivity contribution is 5.94. The molecule has 0 saturated carbocycles. The van der Waals surface area contributed by atoms with Gasteiger partial charge in [0.05, 0.1) is 23.4 Å². The fourth-order valence-corrected chi connectivity index (χ4v) is 2.79. The molecule has 0 unspecified atom stereocenters. The number of H-pyrrole nitrogens is 1. The van der Waals surface area contributed by atoms with E-state index in [4.69, 9.17) is 4.74 Å². The van der Waals surface area contributed by atoms with Crippen molar-refractivity contribution >= 4 is 17.8 Å². The molecule has 1 aromatic heterocycles. The molecule has 0 spiro atoms. The van der Waals surface area contributed by atoms with Crippen LogP contribution in [-0.2, 0) is 0 Å². The number of nitro groups is 1. The van der Waals surface area contributed by atoms with E-state index < -0.39 is 10.8 Å². The molecule has 9 heteroatoms. The number of aromatic nitrogens is 2. The molecule has 31 heavy (non-hydrogen) atoms. The van der Waals surface area contributed by atoms with Gasteiger partial charge < -0.3 is 4.74 Å². The zero-order valence-corrected chi connectivity index (χ0v) is 17.1. The smallest absolute Gasteiger partial charge is 0.289 e. The fourth-order valence-electron chi connectivity index (χ4n) is 2.79. The summed E-state index contributed by atoms with van der Waals surface area (Å²) in [6, 6.07) is 15.1. The molecule has 0 atom stereocenters. The standard InChI is InChI=1S/C22H23N5O4/c1-2-3-4-12-31-19-10-8-17(9-11-19)20-14-21(25-24-20)22(28)26-23-15-16-6-5-7-18(13-16)27(29)30/h5-11,13-15H,2-4,12H2,1H3,(H,24,25)(H,26,28)/b23-15-. The molecule has 3 aromatic rings. The lowest BCUT2D eigenvalue weighted by Crippen LogP contribution is -2.18. The van der Waals surface area contributed by atoms with Crippen molar-refractivity contribution in [3.63, 3.8) is 0 Å². The van der Waals surface area contributed by atoms with Crippen LogP contribution in [0.3, 0.4) is 0 Å². The van der Waals surface area contributed by atoms with E-state index in [0.29, 0.717) is 17.9 Å². The van der Waals surface area contributed by atoms with Gasteiger partial charge in [0.1, 0.15) is 11.4 Å². The van der Waals surface area contributed by atoms with Gasteiger partial charge in [0, 0.05) is 23.3 Å². The average Bonchev–Trinajstić information content (AvgIpc) is 3.28. The van der Waals surface area contributed by atoms with Crippen molar-refractivity contribution in [3.8, 4) is 17.0 Å². The quantitative estimate of drug-likeness (QED) is 0.218. The van der Waals surface area contributed by atoms with Gasteiger partial charge >= 0.3 is 0 Å². The van der Waals surface area contributed by atoms with Gasteiger partial charge in [-0.1, -0.05) is 31.9 Å². The molecule has 0 saturated heterocycles. The zero-order chi connectivity index (χ0) is 22.1. The SMILES string of the molecule is CCCCCOc1ccc(-c2cc(C(=O)N/N=C\c3cccc([N+](=O)[O-])c3)[nH]n2)cc1. The summed E-state index contributed by atoms with van der Waals surface area (Å²) in [5.74, 6) is 0.320. The number of hydrogen-bond donors (Lipinski definition) is 2. The van der Waals surface area contributed by atoms with Crippen LogP contribution in [0.1, 0.15) is 42.2 Å². The summed E-state index contributed by atoms with van der Waals surface area (Å²) in [6.07, 6.45) is 4.66. The monoisotopic (exact) mass is 421 g/mol. The maximum absolute atomic E-state index is 12.3. The van der Waals surface area contributed by atoms with Crippen molar-refractivity contribution in [2.75, 3.05) is 6.61 Å². The average molecular weight is 421 g/mol. The van der Waals surface area contributed by atoms with Crippen LogP contribution in [0.2, 0.25) is 0 Å². The van der Waals surface area contributed by atoms with Crippen molar-refractivity contribution in [1.29, 1.82) is 0 Å². The van der Waals surface area contributed by atoms with E-state index in [1.54, 1.807) is 18.2 Å². The normalized spacial score (nSPS) is 10.9. The first-order valence-corrected chi connectivity index (χ1v) is 9.93. The molecule has 3 rings (SSSR count). The van der Waals surface area contributed by atoms with Gasteiger partial charge in [-0.25, -0.2) is 5.43 Å². The Balaban J connectivity index is 1.57. The van der Waals surface area contributed by atoms with Crippen LogP contribution in [0.15, 0.2) is 59.7 Å². The lowest BCUT2D eigenvalue weighted by Gasteiger charge is -2.06. The second-order valence-electron chi connectivity index (χ2n) is 6.80. The highest BCUT2D eigenvalue weighted by atomic mass is 16.6. The van der Waals surface area contributed by atoms with Crippen molar-refractivity contribution in [1.82, 2.24) is 15.6 Å². The fraction of sp³-hybridized carbons (Fsp3) is 0.227. The van der Waals surface area contributed by atoms with Gasteiger partial charge in [0.15, 0.2) is 0 Å². The zero-order valence-electron chi connectivity index (χ0n) is 17.1. The number of nitrogens with one attached hydrogen (secondary N) is 2. The number of aromatic amines is 1. The van der Waals surface area contributed by atoms with Crippen LogP contribution < -0.4 is 10.2 Å². The lowest BCUT2D eigenvalue weighted by atomic mass is 10.1. The topological polar surface area (TPSA) is 123 Å². The van der Waals surface area contributed by atoms with Crippen LogP contribution in [0.5, 0.6) is 5.75 Å². The molecule has 0 aliphatic rings. The third-order valence-corrected chi connectivity index (χ3v) is 4.45.